The molecule has 0 radical (unpaired) electrons. The van der Waals surface area contributed by atoms with Gasteiger partial charge >= 0.3 is 0 Å². The summed E-state index contributed by atoms with van der Waals surface area (Å²) in [5.74, 6) is 4.89. The molecule has 0 spiro atoms. The molecule has 1 amide bonds. The maximum absolute atomic E-state index is 11.4. The number of rotatable bonds is 4. The van der Waals surface area contributed by atoms with Crippen molar-refractivity contribution in [2.24, 2.45) is 5.84 Å². The molecule has 18 heavy (non-hydrogen) atoms. The van der Waals surface area contributed by atoms with Crippen LogP contribution in [0.2, 0.25) is 0 Å². The molecule has 1 aliphatic rings. The fourth-order valence-electron chi connectivity index (χ4n) is 2.23. The van der Waals surface area contributed by atoms with Crippen molar-refractivity contribution in [1.82, 2.24) is 10.3 Å². The summed E-state index contributed by atoms with van der Waals surface area (Å²) in [7, 11) is 1.77. The van der Waals surface area contributed by atoms with E-state index in [0.717, 1.165) is 26.1 Å². The first-order chi connectivity index (χ1) is 8.72. The number of nitrogens with two attached hydrogens (primary N) is 1. The fraction of sp³-hybridized carbons (Fsp3) is 0.583. The highest BCUT2D eigenvalue weighted by atomic mass is 32.1. The van der Waals surface area contributed by atoms with Crippen LogP contribution in [0.1, 0.15) is 27.4 Å². The van der Waals surface area contributed by atoms with Crippen LogP contribution in [0.15, 0.2) is 12.1 Å². The van der Waals surface area contributed by atoms with Crippen LogP contribution in [0.5, 0.6) is 0 Å². The highest BCUT2D eigenvalue weighted by Gasteiger charge is 2.20. The molecule has 1 aromatic rings. The molecule has 1 unspecified atom stereocenters. The maximum atomic E-state index is 11.4. The number of nitrogen functional groups attached to an aromatic ring is 1. The van der Waals surface area contributed by atoms with Crippen molar-refractivity contribution in [3.05, 3.63) is 21.9 Å². The number of ether oxygens (including phenoxy) is 1. The van der Waals surface area contributed by atoms with Crippen LogP contribution < -0.4 is 11.3 Å². The number of thiophene rings is 1. The second kappa shape index (κ2) is 6.29. The van der Waals surface area contributed by atoms with Gasteiger partial charge < -0.3 is 4.74 Å². The number of likely N-dealkylation sites (tertiary alicyclic amines) is 1. The Morgan fingerprint density at radius 2 is 2.50 bits per heavy atom. The SMILES string of the molecule is COC1CCCN(Cc2ccc(C(=O)NN)s2)C1. The van der Waals surface area contributed by atoms with Gasteiger partial charge in [0, 0.05) is 25.1 Å². The number of hydrazine groups is 1. The van der Waals surface area contributed by atoms with Crippen molar-refractivity contribution in [1.29, 1.82) is 0 Å². The van der Waals surface area contributed by atoms with Gasteiger partial charge in [0.2, 0.25) is 0 Å². The molecule has 1 aromatic heterocycles. The molecule has 0 saturated carbocycles. The molecule has 6 heteroatoms. The van der Waals surface area contributed by atoms with E-state index in [9.17, 15) is 4.79 Å². The number of carbonyl (C=O) groups excluding carboxylic acids is 1. The summed E-state index contributed by atoms with van der Waals surface area (Å²) in [6.07, 6.45) is 2.64. The van der Waals surface area contributed by atoms with Crippen molar-refractivity contribution in [2.45, 2.75) is 25.5 Å². The van der Waals surface area contributed by atoms with E-state index in [2.05, 4.69) is 10.3 Å². The predicted molar refractivity (Wildman–Crippen MR) is 71.3 cm³/mol. The van der Waals surface area contributed by atoms with Gasteiger partial charge in [-0.15, -0.1) is 11.3 Å². The highest BCUT2D eigenvalue weighted by molar-refractivity contribution is 7.14. The first-order valence-corrected chi connectivity index (χ1v) is 6.89. The average Bonchev–Trinajstić information content (AvgIpc) is 2.86. The normalized spacial score (nSPS) is 20.9. The van der Waals surface area contributed by atoms with Gasteiger partial charge in [-0.1, -0.05) is 0 Å². The Kier molecular flexibility index (Phi) is 4.71. The van der Waals surface area contributed by atoms with Crippen molar-refractivity contribution < 1.29 is 9.53 Å². The molecular formula is C12H19N3O2S. The zero-order chi connectivity index (χ0) is 13.0. The minimum absolute atomic E-state index is 0.223. The van der Waals surface area contributed by atoms with E-state index in [1.807, 2.05) is 12.1 Å². The van der Waals surface area contributed by atoms with E-state index in [1.165, 1.54) is 22.6 Å². The summed E-state index contributed by atoms with van der Waals surface area (Å²) in [6.45, 7) is 2.94. The molecule has 1 aliphatic heterocycles. The van der Waals surface area contributed by atoms with Crippen LogP contribution >= 0.6 is 11.3 Å². The first kappa shape index (κ1) is 13.5. The Bertz CT molecular complexity index is 408. The van der Waals surface area contributed by atoms with Gasteiger partial charge in [0.05, 0.1) is 11.0 Å². The van der Waals surface area contributed by atoms with Crippen molar-refractivity contribution in [3.63, 3.8) is 0 Å². The van der Waals surface area contributed by atoms with E-state index >= 15 is 0 Å². The quantitative estimate of drug-likeness (QED) is 0.485. The summed E-state index contributed by atoms with van der Waals surface area (Å²) in [6, 6.07) is 3.81. The molecular weight excluding hydrogens is 250 g/mol. The summed E-state index contributed by atoms with van der Waals surface area (Å²) in [5.41, 5.74) is 2.15. The second-order valence-electron chi connectivity index (χ2n) is 4.47. The zero-order valence-electron chi connectivity index (χ0n) is 10.5. The molecule has 1 saturated heterocycles. The Balaban J connectivity index is 1.92. The Hall–Kier alpha value is -0.950. The van der Waals surface area contributed by atoms with Crippen molar-refractivity contribution in [2.75, 3.05) is 20.2 Å². The Morgan fingerprint density at radius 3 is 3.22 bits per heavy atom. The van der Waals surface area contributed by atoms with Crippen LogP contribution in [-0.2, 0) is 11.3 Å². The van der Waals surface area contributed by atoms with Crippen molar-refractivity contribution in [3.8, 4) is 0 Å². The van der Waals surface area contributed by atoms with E-state index in [0.29, 0.717) is 11.0 Å². The molecule has 0 bridgehead atoms. The van der Waals surface area contributed by atoms with Crippen LogP contribution in [0.3, 0.4) is 0 Å². The third-order valence-electron chi connectivity index (χ3n) is 3.19. The lowest BCUT2D eigenvalue weighted by atomic mass is 10.1. The third kappa shape index (κ3) is 3.29. The van der Waals surface area contributed by atoms with Gasteiger partial charge in [-0.3, -0.25) is 15.1 Å². The fourth-order valence-corrected chi connectivity index (χ4v) is 3.18. The number of nitrogens with one attached hydrogen (secondary N) is 1. The van der Waals surface area contributed by atoms with Crippen molar-refractivity contribution >= 4 is 17.2 Å². The van der Waals surface area contributed by atoms with Crippen LogP contribution in [0.4, 0.5) is 0 Å². The standard InChI is InChI=1S/C12H19N3O2S/c1-17-9-3-2-6-15(7-9)8-10-4-5-11(18-10)12(16)14-13/h4-5,9H,2-3,6-8,13H2,1H3,(H,14,16). The zero-order valence-corrected chi connectivity index (χ0v) is 11.3. The molecule has 0 aromatic carbocycles. The summed E-state index contributed by atoms with van der Waals surface area (Å²) < 4.78 is 5.40. The maximum Gasteiger partial charge on any atom is 0.275 e. The number of nitrogens with zero attached hydrogens (tertiary/aromatic N) is 1. The van der Waals surface area contributed by atoms with Crippen LogP contribution in [0.25, 0.3) is 0 Å². The molecule has 0 aliphatic carbocycles. The molecule has 5 nitrogen and oxygen atoms in total. The number of methoxy groups -OCH3 is 1. The number of hydrogen-bond acceptors (Lipinski definition) is 5. The molecule has 1 atom stereocenters. The second-order valence-corrected chi connectivity index (χ2v) is 5.64. The number of piperidine rings is 1. The minimum atomic E-state index is -0.223. The van der Waals surface area contributed by atoms with Gasteiger partial charge in [-0.2, -0.15) is 0 Å². The van der Waals surface area contributed by atoms with Gasteiger partial charge in [-0.25, -0.2) is 5.84 Å². The minimum Gasteiger partial charge on any atom is -0.380 e. The third-order valence-corrected chi connectivity index (χ3v) is 4.26. The summed E-state index contributed by atoms with van der Waals surface area (Å²) in [4.78, 5) is 15.6. The molecule has 1 fully saturated rings. The summed E-state index contributed by atoms with van der Waals surface area (Å²) in [5, 5.41) is 0. The number of amides is 1. The number of hydrogen-bond donors (Lipinski definition) is 2. The number of carbonyl (C=O) groups is 1. The highest BCUT2D eigenvalue weighted by Crippen LogP contribution is 2.21. The Morgan fingerprint density at radius 1 is 1.67 bits per heavy atom. The largest absolute Gasteiger partial charge is 0.380 e. The van der Waals surface area contributed by atoms with Gasteiger partial charge in [-0.05, 0) is 31.5 Å². The van der Waals surface area contributed by atoms with E-state index < -0.39 is 0 Å². The molecule has 2 heterocycles. The topological polar surface area (TPSA) is 67.6 Å². The lowest BCUT2D eigenvalue weighted by molar-refractivity contribution is 0.0289. The lowest BCUT2D eigenvalue weighted by Crippen LogP contribution is -2.38. The van der Waals surface area contributed by atoms with E-state index in [1.54, 1.807) is 7.11 Å². The first-order valence-electron chi connectivity index (χ1n) is 6.07. The smallest absolute Gasteiger partial charge is 0.275 e. The van der Waals surface area contributed by atoms with Gasteiger partial charge in [0.25, 0.3) is 5.91 Å². The van der Waals surface area contributed by atoms with E-state index in [-0.39, 0.29) is 5.91 Å². The molecule has 3 N–H and O–H groups in total. The Labute approximate surface area is 111 Å². The van der Waals surface area contributed by atoms with Gasteiger partial charge in [0.1, 0.15) is 0 Å². The predicted octanol–water partition coefficient (Wildman–Crippen LogP) is 0.962. The summed E-state index contributed by atoms with van der Waals surface area (Å²) >= 11 is 1.49. The lowest BCUT2D eigenvalue weighted by Gasteiger charge is -2.31. The van der Waals surface area contributed by atoms with E-state index in [4.69, 9.17) is 10.6 Å². The average molecular weight is 269 g/mol. The molecule has 100 valence electrons. The van der Waals surface area contributed by atoms with Crippen LogP contribution in [-0.4, -0.2) is 37.1 Å². The molecule has 2 rings (SSSR count). The monoisotopic (exact) mass is 269 g/mol. The van der Waals surface area contributed by atoms with Crippen LogP contribution in [0, 0.1) is 0 Å². The van der Waals surface area contributed by atoms with Gasteiger partial charge in [0.15, 0.2) is 0 Å².